The van der Waals surface area contributed by atoms with Gasteiger partial charge in [-0.2, -0.15) is 0 Å². The second-order valence-corrected chi connectivity index (χ2v) is 6.49. The van der Waals surface area contributed by atoms with Gasteiger partial charge in [0.1, 0.15) is 0 Å². The van der Waals surface area contributed by atoms with E-state index in [1.807, 2.05) is 12.1 Å². The van der Waals surface area contributed by atoms with E-state index in [-0.39, 0.29) is 0 Å². The van der Waals surface area contributed by atoms with E-state index in [9.17, 15) is 0 Å². The van der Waals surface area contributed by atoms with Crippen molar-refractivity contribution in [1.29, 1.82) is 0 Å². The fourth-order valence-electron chi connectivity index (χ4n) is 1.79. The second-order valence-electron chi connectivity index (χ2n) is 5.19. The number of rotatable bonds is 5. The molecule has 98 valence electrons. The maximum atomic E-state index is 5.96. The minimum Gasteiger partial charge on any atom is -0.310 e. The van der Waals surface area contributed by atoms with Gasteiger partial charge in [-0.05, 0) is 36.5 Å². The summed E-state index contributed by atoms with van der Waals surface area (Å²) in [5.41, 5.74) is 2.63. The highest BCUT2D eigenvalue weighted by Crippen LogP contribution is 2.26. The Morgan fingerprint density at radius 2 is 2.22 bits per heavy atom. The summed E-state index contributed by atoms with van der Waals surface area (Å²) in [5.74, 6) is 0.554. The molecule has 1 aromatic carbocycles. The Bertz CT molecular complexity index is 450. The molecule has 1 saturated carbocycles. The van der Waals surface area contributed by atoms with Crippen molar-refractivity contribution in [3.05, 3.63) is 38.8 Å². The Labute approximate surface area is 123 Å². The predicted molar refractivity (Wildman–Crippen MR) is 83.0 cm³/mol. The molecule has 0 aromatic heterocycles. The third-order valence-corrected chi connectivity index (χ3v) is 4.14. The summed E-state index contributed by atoms with van der Waals surface area (Å²) in [6.07, 6.45) is 4.92. The van der Waals surface area contributed by atoms with E-state index < -0.39 is 0 Å². The predicted octanol–water partition coefficient (Wildman–Crippen LogP) is 4.89. The molecule has 18 heavy (non-hydrogen) atoms. The molecule has 0 bridgehead atoms. The first-order valence-corrected chi connectivity index (χ1v) is 7.62. The van der Waals surface area contributed by atoms with E-state index in [0.29, 0.717) is 5.92 Å². The lowest BCUT2D eigenvalue weighted by Gasteiger charge is -2.13. The summed E-state index contributed by atoms with van der Waals surface area (Å²) in [6, 6.07) is 6.69. The van der Waals surface area contributed by atoms with Crippen LogP contribution in [0, 0.1) is 5.92 Å². The fraction of sp³-hybridized carbons (Fsp3) is 0.467. The number of hydrogen-bond acceptors (Lipinski definition) is 1. The maximum absolute atomic E-state index is 5.96. The van der Waals surface area contributed by atoms with Gasteiger partial charge in [-0.1, -0.05) is 59.1 Å². The van der Waals surface area contributed by atoms with Gasteiger partial charge in [0.25, 0.3) is 0 Å². The lowest BCUT2D eigenvalue weighted by atomic mass is 10.00. The van der Waals surface area contributed by atoms with Crippen molar-refractivity contribution in [2.75, 3.05) is 6.54 Å². The Morgan fingerprint density at radius 3 is 2.78 bits per heavy atom. The molecule has 1 aliphatic carbocycles. The molecule has 2 rings (SSSR count). The van der Waals surface area contributed by atoms with Crippen LogP contribution in [0.2, 0.25) is 5.02 Å². The van der Waals surface area contributed by atoms with Gasteiger partial charge in [-0.25, -0.2) is 0 Å². The van der Waals surface area contributed by atoms with Crippen LogP contribution in [0.1, 0.15) is 32.3 Å². The fourth-order valence-corrected chi connectivity index (χ4v) is 2.59. The van der Waals surface area contributed by atoms with E-state index in [1.54, 1.807) is 0 Å². The largest absolute Gasteiger partial charge is 0.310 e. The first kappa shape index (κ1) is 14.1. The lowest BCUT2D eigenvalue weighted by molar-refractivity contribution is 0.662. The Balaban J connectivity index is 2.14. The van der Waals surface area contributed by atoms with Crippen LogP contribution in [0.25, 0.3) is 6.08 Å². The molecule has 0 amide bonds. The molecule has 0 radical (unpaired) electrons. The van der Waals surface area contributed by atoms with E-state index in [4.69, 9.17) is 11.6 Å². The molecule has 3 heteroatoms. The topological polar surface area (TPSA) is 12.0 Å². The molecule has 1 aliphatic rings. The smallest absolute Gasteiger partial charge is 0.0417 e. The highest BCUT2D eigenvalue weighted by atomic mass is 79.9. The third-order valence-electron chi connectivity index (χ3n) is 3.22. The molecule has 1 nitrogen and oxygen atoms in total. The number of benzene rings is 1. The van der Waals surface area contributed by atoms with Crippen LogP contribution in [0.5, 0.6) is 0 Å². The van der Waals surface area contributed by atoms with E-state index in [2.05, 4.69) is 47.2 Å². The Morgan fingerprint density at radius 1 is 1.50 bits per heavy atom. The molecule has 0 saturated heterocycles. The van der Waals surface area contributed by atoms with Crippen molar-refractivity contribution in [2.24, 2.45) is 5.92 Å². The average Bonchev–Trinajstić information content (AvgIpc) is 3.10. The van der Waals surface area contributed by atoms with Crippen LogP contribution in [-0.4, -0.2) is 12.6 Å². The quantitative estimate of drug-likeness (QED) is 0.811. The van der Waals surface area contributed by atoms with Gasteiger partial charge < -0.3 is 5.32 Å². The van der Waals surface area contributed by atoms with Gasteiger partial charge in [-0.15, -0.1) is 0 Å². The molecule has 0 spiro atoms. The molecule has 0 heterocycles. The molecule has 1 N–H and O–H groups in total. The maximum Gasteiger partial charge on any atom is 0.0417 e. The van der Waals surface area contributed by atoms with Gasteiger partial charge >= 0.3 is 0 Å². The summed E-state index contributed by atoms with van der Waals surface area (Å²) in [5, 5.41) is 4.34. The van der Waals surface area contributed by atoms with Crippen molar-refractivity contribution in [3.63, 3.8) is 0 Å². The van der Waals surface area contributed by atoms with Crippen molar-refractivity contribution < 1.29 is 0 Å². The van der Waals surface area contributed by atoms with Gasteiger partial charge in [0.15, 0.2) is 0 Å². The molecule has 1 aromatic rings. The van der Waals surface area contributed by atoms with E-state index in [1.165, 1.54) is 24.0 Å². The SMILES string of the molecule is CC(C)/C(=C/c1ccc(Cl)cc1Br)CNC1CC1. The van der Waals surface area contributed by atoms with E-state index >= 15 is 0 Å². The Kier molecular flexibility index (Phi) is 4.88. The molecular formula is C15H19BrClN. The summed E-state index contributed by atoms with van der Waals surface area (Å²) in [7, 11) is 0. The zero-order chi connectivity index (χ0) is 13.1. The molecule has 0 atom stereocenters. The minimum atomic E-state index is 0.554. The zero-order valence-corrected chi connectivity index (χ0v) is 13.2. The lowest BCUT2D eigenvalue weighted by Crippen LogP contribution is -2.21. The summed E-state index contributed by atoms with van der Waals surface area (Å²) in [4.78, 5) is 0. The van der Waals surface area contributed by atoms with Gasteiger partial charge in [0.05, 0.1) is 0 Å². The van der Waals surface area contributed by atoms with Crippen LogP contribution in [0.15, 0.2) is 28.2 Å². The third kappa shape index (κ3) is 4.11. The molecule has 0 unspecified atom stereocenters. The number of hydrogen-bond donors (Lipinski definition) is 1. The summed E-state index contributed by atoms with van der Waals surface area (Å²) < 4.78 is 1.06. The van der Waals surface area contributed by atoms with Crippen LogP contribution in [-0.2, 0) is 0 Å². The van der Waals surface area contributed by atoms with Crippen molar-refractivity contribution in [2.45, 2.75) is 32.7 Å². The summed E-state index contributed by atoms with van der Waals surface area (Å²) >= 11 is 9.53. The standard InChI is InChI=1S/C15H19BrClN/c1-10(2)12(9-18-14-5-6-14)7-11-3-4-13(17)8-15(11)16/h3-4,7-8,10,14,18H,5-6,9H2,1-2H3/b12-7+. The normalized spacial score (nSPS) is 16.4. The molecule has 0 aliphatic heterocycles. The van der Waals surface area contributed by atoms with Gasteiger partial charge in [0, 0.05) is 22.1 Å². The minimum absolute atomic E-state index is 0.554. The Hall–Kier alpha value is -0.310. The highest BCUT2D eigenvalue weighted by Gasteiger charge is 2.20. The van der Waals surface area contributed by atoms with Crippen LogP contribution < -0.4 is 5.32 Å². The average molecular weight is 329 g/mol. The first-order valence-electron chi connectivity index (χ1n) is 6.45. The van der Waals surface area contributed by atoms with Crippen molar-refractivity contribution >= 4 is 33.6 Å². The highest BCUT2D eigenvalue weighted by molar-refractivity contribution is 9.10. The van der Waals surface area contributed by atoms with Crippen LogP contribution in [0.4, 0.5) is 0 Å². The first-order chi connectivity index (χ1) is 8.56. The van der Waals surface area contributed by atoms with Gasteiger partial charge in [0.2, 0.25) is 0 Å². The van der Waals surface area contributed by atoms with E-state index in [0.717, 1.165) is 22.1 Å². The number of nitrogens with one attached hydrogen (secondary N) is 1. The monoisotopic (exact) mass is 327 g/mol. The molecular weight excluding hydrogens is 310 g/mol. The molecule has 1 fully saturated rings. The zero-order valence-electron chi connectivity index (χ0n) is 10.8. The number of halogens is 2. The second kappa shape index (κ2) is 6.23. The summed E-state index contributed by atoms with van der Waals surface area (Å²) in [6.45, 7) is 5.46. The van der Waals surface area contributed by atoms with Crippen molar-refractivity contribution in [1.82, 2.24) is 5.32 Å². The van der Waals surface area contributed by atoms with Crippen LogP contribution in [0.3, 0.4) is 0 Å². The van der Waals surface area contributed by atoms with Gasteiger partial charge in [-0.3, -0.25) is 0 Å². The van der Waals surface area contributed by atoms with Crippen molar-refractivity contribution in [3.8, 4) is 0 Å². The van der Waals surface area contributed by atoms with Crippen LogP contribution >= 0.6 is 27.5 Å².